The number of H-pyrrole nitrogens is 2. The number of nitrogens with one attached hydrogen (secondary N) is 2. The number of rotatable bonds is 2. The van der Waals surface area contributed by atoms with Crippen LogP contribution >= 0.6 is 0 Å². The number of nitrogens with zero attached hydrogens (tertiary/aromatic N) is 3. The quantitative estimate of drug-likeness (QED) is 0.836. The fourth-order valence-electron chi connectivity index (χ4n) is 6.78. The molecule has 5 aliphatic rings. The maximum absolute atomic E-state index is 12.9. The van der Waals surface area contributed by atoms with E-state index in [9.17, 15) is 9.59 Å². The standard InChI is InChI=1S/C21H25N5O2/c27-18-16(19(28)26-2-1-17-15(11-26)9-23-25-17)10-22-20(24-18)21-6-12-3-13(7-21)5-14(4-12)8-21/h9-10,12-14H,1-8,11H2,(H,23,25)(H,22,24,27). The first kappa shape index (κ1) is 16.5. The van der Waals surface area contributed by atoms with Gasteiger partial charge in [-0.1, -0.05) is 0 Å². The van der Waals surface area contributed by atoms with Crippen molar-refractivity contribution < 1.29 is 4.79 Å². The maximum atomic E-state index is 12.9. The van der Waals surface area contributed by atoms with Crippen LogP contribution in [0.2, 0.25) is 0 Å². The van der Waals surface area contributed by atoms with Crippen LogP contribution in [0.25, 0.3) is 0 Å². The Kier molecular flexibility index (Phi) is 3.41. The van der Waals surface area contributed by atoms with Crippen LogP contribution in [0.1, 0.15) is 66.0 Å². The Hall–Kier alpha value is -2.44. The molecule has 0 aromatic carbocycles. The van der Waals surface area contributed by atoms with E-state index in [0.717, 1.165) is 60.5 Å². The Balaban J connectivity index is 1.28. The van der Waals surface area contributed by atoms with Gasteiger partial charge in [-0.05, 0) is 56.3 Å². The highest BCUT2D eigenvalue weighted by molar-refractivity contribution is 5.93. The van der Waals surface area contributed by atoms with Gasteiger partial charge >= 0.3 is 0 Å². The van der Waals surface area contributed by atoms with Crippen molar-refractivity contribution in [2.75, 3.05) is 6.54 Å². The maximum Gasteiger partial charge on any atom is 0.263 e. The molecule has 0 atom stereocenters. The van der Waals surface area contributed by atoms with Gasteiger partial charge in [0.2, 0.25) is 0 Å². The average Bonchev–Trinajstić information content (AvgIpc) is 3.14. The Morgan fingerprint density at radius 1 is 1.11 bits per heavy atom. The van der Waals surface area contributed by atoms with Gasteiger partial charge in [0, 0.05) is 42.4 Å². The van der Waals surface area contributed by atoms with E-state index in [1.807, 2.05) is 0 Å². The number of hydrogen-bond acceptors (Lipinski definition) is 4. The molecule has 3 heterocycles. The molecule has 7 heteroatoms. The van der Waals surface area contributed by atoms with Crippen LogP contribution < -0.4 is 5.56 Å². The van der Waals surface area contributed by atoms with Gasteiger partial charge in [-0.2, -0.15) is 5.10 Å². The number of aromatic amines is 2. The minimum Gasteiger partial charge on any atom is -0.334 e. The molecule has 1 aliphatic heterocycles. The van der Waals surface area contributed by atoms with Crippen LogP contribution in [0.4, 0.5) is 0 Å². The van der Waals surface area contributed by atoms with Gasteiger partial charge < -0.3 is 9.88 Å². The van der Waals surface area contributed by atoms with Crippen LogP contribution in [-0.4, -0.2) is 37.5 Å². The van der Waals surface area contributed by atoms with E-state index in [-0.39, 0.29) is 22.4 Å². The van der Waals surface area contributed by atoms with E-state index < -0.39 is 0 Å². The van der Waals surface area contributed by atoms with E-state index in [1.54, 1.807) is 11.1 Å². The average molecular weight is 379 g/mol. The van der Waals surface area contributed by atoms with Gasteiger partial charge in [0.1, 0.15) is 11.4 Å². The Morgan fingerprint density at radius 2 is 1.82 bits per heavy atom. The second kappa shape index (κ2) is 5.78. The highest BCUT2D eigenvalue weighted by Gasteiger charge is 2.53. The summed E-state index contributed by atoms with van der Waals surface area (Å²) in [6.07, 6.45) is 11.5. The number of carbonyl (C=O) groups is 1. The van der Waals surface area contributed by atoms with Gasteiger partial charge in [0.25, 0.3) is 11.5 Å². The van der Waals surface area contributed by atoms with Crippen molar-refractivity contribution in [1.29, 1.82) is 0 Å². The van der Waals surface area contributed by atoms with Crippen LogP contribution in [0.5, 0.6) is 0 Å². The van der Waals surface area contributed by atoms with Crippen molar-refractivity contribution in [3.8, 4) is 0 Å². The van der Waals surface area contributed by atoms with E-state index in [0.29, 0.717) is 13.1 Å². The summed E-state index contributed by atoms with van der Waals surface area (Å²) in [6, 6.07) is 0. The molecule has 0 radical (unpaired) electrons. The molecule has 4 aliphatic carbocycles. The van der Waals surface area contributed by atoms with E-state index in [4.69, 9.17) is 0 Å². The fourth-order valence-corrected chi connectivity index (χ4v) is 6.78. The van der Waals surface area contributed by atoms with Crippen molar-refractivity contribution >= 4 is 5.91 Å². The summed E-state index contributed by atoms with van der Waals surface area (Å²) in [5.74, 6) is 2.95. The molecule has 7 nitrogen and oxygen atoms in total. The van der Waals surface area contributed by atoms with Gasteiger partial charge in [-0.15, -0.1) is 0 Å². The predicted octanol–water partition coefficient (Wildman–Crippen LogP) is 2.16. The van der Waals surface area contributed by atoms with Crippen molar-refractivity contribution in [1.82, 2.24) is 25.1 Å². The molecular weight excluding hydrogens is 354 g/mol. The third kappa shape index (κ3) is 2.41. The Bertz CT molecular complexity index is 971. The van der Waals surface area contributed by atoms with Crippen molar-refractivity contribution in [3.63, 3.8) is 0 Å². The minimum absolute atomic E-state index is 0.0340. The Morgan fingerprint density at radius 3 is 2.50 bits per heavy atom. The van der Waals surface area contributed by atoms with Crippen LogP contribution in [0.15, 0.2) is 17.2 Å². The largest absolute Gasteiger partial charge is 0.334 e. The van der Waals surface area contributed by atoms with Crippen molar-refractivity contribution in [2.24, 2.45) is 17.8 Å². The normalized spacial score (nSPS) is 33.1. The van der Waals surface area contributed by atoms with Crippen LogP contribution in [0, 0.1) is 17.8 Å². The summed E-state index contributed by atoms with van der Waals surface area (Å²) >= 11 is 0. The number of fused-ring (bicyclic) bond motifs is 1. The number of amides is 1. The van der Waals surface area contributed by atoms with E-state index in [1.165, 1.54) is 25.5 Å². The van der Waals surface area contributed by atoms with Crippen LogP contribution in [0.3, 0.4) is 0 Å². The molecule has 2 aromatic heterocycles. The van der Waals surface area contributed by atoms with Crippen LogP contribution in [-0.2, 0) is 18.4 Å². The zero-order chi connectivity index (χ0) is 18.9. The smallest absolute Gasteiger partial charge is 0.263 e. The highest BCUT2D eigenvalue weighted by atomic mass is 16.2. The Labute approximate surface area is 162 Å². The first-order valence-electron chi connectivity index (χ1n) is 10.5. The molecule has 0 unspecified atom stereocenters. The molecule has 28 heavy (non-hydrogen) atoms. The van der Waals surface area contributed by atoms with Gasteiger partial charge in [0.15, 0.2) is 0 Å². The summed E-state index contributed by atoms with van der Waals surface area (Å²) in [6.45, 7) is 1.07. The molecular formula is C21H25N5O2. The lowest BCUT2D eigenvalue weighted by molar-refractivity contribution is -0.00955. The molecule has 2 aromatic rings. The summed E-state index contributed by atoms with van der Waals surface area (Å²) < 4.78 is 0. The first-order valence-corrected chi connectivity index (χ1v) is 10.5. The first-order chi connectivity index (χ1) is 13.6. The van der Waals surface area contributed by atoms with Crippen molar-refractivity contribution in [2.45, 2.75) is 56.9 Å². The molecule has 7 rings (SSSR count). The topological polar surface area (TPSA) is 94.7 Å². The summed E-state index contributed by atoms with van der Waals surface area (Å²) in [5, 5.41) is 7.02. The lowest BCUT2D eigenvalue weighted by Gasteiger charge is -2.56. The monoisotopic (exact) mass is 379 g/mol. The molecule has 4 saturated carbocycles. The summed E-state index contributed by atoms with van der Waals surface area (Å²) in [5.41, 5.74) is 2.00. The zero-order valence-corrected chi connectivity index (χ0v) is 15.9. The highest BCUT2D eigenvalue weighted by Crippen LogP contribution is 2.59. The molecule has 4 fully saturated rings. The molecule has 0 saturated heterocycles. The lowest BCUT2D eigenvalue weighted by Crippen LogP contribution is -2.50. The van der Waals surface area contributed by atoms with Crippen molar-refractivity contribution in [3.05, 3.63) is 45.4 Å². The summed E-state index contributed by atoms with van der Waals surface area (Å²) in [7, 11) is 0. The SMILES string of the molecule is O=C(c1cnc(C23CC4CC(CC(C4)C2)C3)[nH]c1=O)N1CCc2[nH]ncc2C1. The number of carbonyl (C=O) groups excluding carboxylic acids is 1. The zero-order valence-electron chi connectivity index (χ0n) is 15.9. The number of hydrogen-bond donors (Lipinski definition) is 2. The third-order valence-corrected chi connectivity index (χ3v) is 7.66. The van der Waals surface area contributed by atoms with E-state index in [2.05, 4.69) is 20.2 Å². The number of aromatic nitrogens is 4. The molecule has 1 amide bonds. The van der Waals surface area contributed by atoms with Gasteiger partial charge in [0.05, 0.1) is 6.20 Å². The molecule has 2 N–H and O–H groups in total. The molecule has 146 valence electrons. The minimum atomic E-state index is -0.288. The third-order valence-electron chi connectivity index (χ3n) is 7.66. The van der Waals surface area contributed by atoms with Gasteiger partial charge in [-0.25, -0.2) is 4.98 Å². The fraction of sp³-hybridized carbons (Fsp3) is 0.619. The second-order valence-electron chi connectivity index (χ2n) is 9.52. The molecule has 4 bridgehead atoms. The second-order valence-corrected chi connectivity index (χ2v) is 9.52. The molecule has 0 spiro atoms. The van der Waals surface area contributed by atoms with Gasteiger partial charge in [-0.3, -0.25) is 14.7 Å². The predicted molar refractivity (Wildman–Crippen MR) is 102 cm³/mol. The van der Waals surface area contributed by atoms with E-state index >= 15 is 0 Å². The lowest BCUT2D eigenvalue weighted by atomic mass is 9.49. The summed E-state index contributed by atoms with van der Waals surface area (Å²) in [4.78, 5) is 35.2.